The second-order valence-corrected chi connectivity index (χ2v) is 10.2. The Morgan fingerprint density at radius 2 is 1.67 bits per heavy atom. The lowest BCUT2D eigenvalue weighted by Gasteiger charge is -2.75. The molecule has 0 aromatic heterocycles. The van der Waals surface area contributed by atoms with E-state index in [1.165, 1.54) is 32.1 Å². The normalized spacial score (nSPS) is 58.9. The summed E-state index contributed by atoms with van der Waals surface area (Å²) in [7, 11) is 0. The summed E-state index contributed by atoms with van der Waals surface area (Å²) >= 11 is 0. The van der Waals surface area contributed by atoms with Gasteiger partial charge in [0.1, 0.15) is 0 Å². The van der Waals surface area contributed by atoms with Crippen LogP contribution in [0.5, 0.6) is 0 Å². The molecule has 1 saturated heterocycles. The van der Waals surface area contributed by atoms with Gasteiger partial charge < -0.3 is 9.64 Å². The summed E-state index contributed by atoms with van der Waals surface area (Å²) < 4.78 is 5.54. The molecule has 3 nitrogen and oxygen atoms in total. The fraction of sp³-hybridized carbons (Fsp3) is 0.952. The van der Waals surface area contributed by atoms with Crippen molar-refractivity contribution in [3.05, 3.63) is 0 Å². The molecule has 1 spiro atoms. The Morgan fingerprint density at radius 3 is 2.33 bits per heavy atom. The number of ether oxygens (including phenoxy) is 1. The Morgan fingerprint density at radius 1 is 1.04 bits per heavy atom. The minimum Gasteiger partial charge on any atom is -0.450 e. The summed E-state index contributed by atoms with van der Waals surface area (Å²) in [5.74, 6) is 8.19. The smallest absolute Gasteiger partial charge is 0.410 e. The predicted molar refractivity (Wildman–Crippen MR) is 91.2 cm³/mol. The maximum absolute atomic E-state index is 12.9. The second kappa shape index (κ2) is 4.51. The van der Waals surface area contributed by atoms with Crippen LogP contribution in [-0.4, -0.2) is 29.7 Å². The van der Waals surface area contributed by atoms with Crippen LogP contribution in [0.25, 0.3) is 0 Å². The molecule has 0 aromatic rings. The first-order valence-electron chi connectivity index (χ1n) is 10.6. The number of amides is 1. The van der Waals surface area contributed by atoms with E-state index in [0.29, 0.717) is 12.5 Å². The first kappa shape index (κ1) is 14.4. The second-order valence-electron chi connectivity index (χ2n) is 10.2. The Kier molecular flexibility index (Phi) is 2.71. The molecule has 1 amide bonds. The molecule has 0 N–H and O–H groups in total. The van der Waals surface area contributed by atoms with Gasteiger partial charge >= 0.3 is 6.09 Å². The van der Waals surface area contributed by atoms with Crippen molar-refractivity contribution in [2.45, 2.75) is 57.9 Å². The average Bonchev–Trinajstić information content (AvgIpc) is 2.90. The summed E-state index contributed by atoms with van der Waals surface area (Å²) in [5.41, 5.74) is 0.168. The molecule has 7 aliphatic carbocycles. The lowest BCUT2D eigenvalue weighted by Crippen LogP contribution is -2.75. The van der Waals surface area contributed by atoms with E-state index < -0.39 is 0 Å². The Balaban J connectivity index is 1.46. The third kappa shape index (κ3) is 1.46. The van der Waals surface area contributed by atoms with E-state index in [4.69, 9.17) is 4.74 Å². The maximum Gasteiger partial charge on any atom is 0.410 e. The van der Waals surface area contributed by atoms with E-state index >= 15 is 0 Å². The molecule has 0 aromatic carbocycles. The number of nitrogens with zero attached hydrogens (tertiary/aromatic N) is 1. The van der Waals surface area contributed by atoms with Crippen molar-refractivity contribution in [3.63, 3.8) is 0 Å². The van der Waals surface area contributed by atoms with E-state index in [-0.39, 0.29) is 11.6 Å². The molecular weight excluding hydrogens is 298 g/mol. The largest absolute Gasteiger partial charge is 0.450 e. The molecular formula is C21H31NO2. The molecule has 8 rings (SSSR count). The number of rotatable bonds is 1. The van der Waals surface area contributed by atoms with Gasteiger partial charge in [-0.2, -0.15) is 0 Å². The number of likely N-dealkylation sites (tertiary alicyclic amines) is 1. The molecule has 8 fully saturated rings. The summed E-state index contributed by atoms with van der Waals surface area (Å²) in [5, 5.41) is 0. The minimum atomic E-state index is -0.00226. The van der Waals surface area contributed by atoms with Crippen LogP contribution in [0, 0.1) is 53.3 Å². The molecule has 7 saturated carbocycles. The van der Waals surface area contributed by atoms with Crippen LogP contribution in [0.1, 0.15) is 52.4 Å². The van der Waals surface area contributed by atoms with E-state index in [9.17, 15) is 4.79 Å². The van der Waals surface area contributed by atoms with Crippen LogP contribution in [-0.2, 0) is 4.74 Å². The molecule has 6 unspecified atom stereocenters. The van der Waals surface area contributed by atoms with E-state index in [1.54, 1.807) is 6.42 Å². The average molecular weight is 329 g/mol. The Labute approximate surface area is 145 Å². The van der Waals surface area contributed by atoms with E-state index in [2.05, 4.69) is 11.8 Å². The van der Waals surface area contributed by atoms with Gasteiger partial charge in [-0.15, -0.1) is 0 Å². The predicted octanol–water partition coefficient (Wildman–Crippen LogP) is 4.17. The van der Waals surface area contributed by atoms with Crippen molar-refractivity contribution in [3.8, 4) is 0 Å². The van der Waals surface area contributed by atoms with Crippen molar-refractivity contribution >= 4 is 6.09 Å². The molecule has 8 bridgehead atoms. The van der Waals surface area contributed by atoms with Gasteiger partial charge in [0.05, 0.1) is 12.1 Å². The summed E-state index contributed by atoms with van der Waals surface area (Å²) in [6.07, 6.45) is 8.60. The standard InChI is InChI=1S/C21H31NO2/c1-3-24-20(23)22-10-11(2)9-21(22)13-7-15-14-4-12-5-17(15)19(21)18(6-12)16(14)8-13/h11-19H,3-10H2,1-2H3. The zero-order chi connectivity index (χ0) is 16.2. The molecule has 8 aliphatic rings. The fourth-order valence-electron chi connectivity index (χ4n) is 9.48. The highest BCUT2D eigenvalue weighted by Crippen LogP contribution is 2.75. The van der Waals surface area contributed by atoms with Crippen LogP contribution in [0.3, 0.4) is 0 Å². The van der Waals surface area contributed by atoms with Gasteiger partial charge in [0.15, 0.2) is 0 Å². The molecule has 132 valence electrons. The Hall–Kier alpha value is -0.730. The van der Waals surface area contributed by atoms with E-state index in [0.717, 1.165) is 53.9 Å². The van der Waals surface area contributed by atoms with Gasteiger partial charge in [0.25, 0.3) is 0 Å². The topological polar surface area (TPSA) is 29.5 Å². The van der Waals surface area contributed by atoms with Crippen LogP contribution in [0.15, 0.2) is 0 Å². The molecule has 6 atom stereocenters. The molecule has 0 radical (unpaired) electrons. The lowest BCUT2D eigenvalue weighted by molar-refractivity contribution is -0.258. The summed E-state index contributed by atoms with van der Waals surface area (Å²) in [6.45, 7) is 5.76. The van der Waals surface area contributed by atoms with Crippen molar-refractivity contribution < 1.29 is 9.53 Å². The van der Waals surface area contributed by atoms with Gasteiger partial charge in [-0.05, 0) is 98.7 Å². The molecule has 1 heterocycles. The van der Waals surface area contributed by atoms with Gasteiger partial charge in [-0.25, -0.2) is 4.79 Å². The van der Waals surface area contributed by atoms with Crippen LogP contribution in [0.2, 0.25) is 0 Å². The van der Waals surface area contributed by atoms with Crippen LogP contribution in [0.4, 0.5) is 4.79 Å². The Bertz CT molecular complexity index is 566. The first-order valence-corrected chi connectivity index (χ1v) is 10.6. The van der Waals surface area contributed by atoms with Crippen molar-refractivity contribution in [1.82, 2.24) is 4.90 Å². The van der Waals surface area contributed by atoms with Gasteiger partial charge in [-0.1, -0.05) is 6.92 Å². The highest BCUT2D eigenvalue weighted by Gasteiger charge is 2.74. The highest BCUT2D eigenvalue weighted by atomic mass is 16.6. The van der Waals surface area contributed by atoms with Crippen molar-refractivity contribution in [1.29, 1.82) is 0 Å². The lowest BCUT2D eigenvalue weighted by atomic mass is 9.31. The molecule has 3 heteroatoms. The van der Waals surface area contributed by atoms with Gasteiger partial charge in [0.2, 0.25) is 0 Å². The third-order valence-corrected chi connectivity index (χ3v) is 9.50. The molecule has 24 heavy (non-hydrogen) atoms. The number of carbonyl (C=O) groups excluding carboxylic acids is 1. The van der Waals surface area contributed by atoms with E-state index in [1.807, 2.05) is 6.92 Å². The summed E-state index contributed by atoms with van der Waals surface area (Å²) in [4.78, 5) is 15.2. The van der Waals surface area contributed by atoms with Gasteiger partial charge in [0, 0.05) is 6.54 Å². The maximum atomic E-state index is 12.9. The quantitative estimate of drug-likeness (QED) is 0.722. The van der Waals surface area contributed by atoms with Crippen molar-refractivity contribution in [2.75, 3.05) is 13.2 Å². The van der Waals surface area contributed by atoms with Gasteiger partial charge in [-0.3, -0.25) is 0 Å². The number of carbonyl (C=O) groups is 1. The minimum absolute atomic E-state index is 0.00226. The zero-order valence-electron chi connectivity index (χ0n) is 15.1. The van der Waals surface area contributed by atoms with Crippen molar-refractivity contribution in [2.24, 2.45) is 53.3 Å². The van der Waals surface area contributed by atoms with Crippen LogP contribution < -0.4 is 0 Å². The zero-order valence-corrected chi connectivity index (χ0v) is 15.1. The molecule has 1 aliphatic heterocycles. The van der Waals surface area contributed by atoms with Crippen LogP contribution >= 0.6 is 0 Å². The first-order chi connectivity index (χ1) is 11.6. The monoisotopic (exact) mass is 329 g/mol. The fourth-order valence-corrected chi connectivity index (χ4v) is 9.48. The SMILES string of the molecule is CCOC(=O)N1CC(C)CC12C1CC3C4CC5CC3C2C(C5)C4C1. The highest BCUT2D eigenvalue weighted by molar-refractivity contribution is 5.69. The summed E-state index contributed by atoms with van der Waals surface area (Å²) in [6, 6.07) is 0. The number of hydrogen-bond donors (Lipinski definition) is 0. The third-order valence-electron chi connectivity index (χ3n) is 9.50. The number of hydrogen-bond acceptors (Lipinski definition) is 2.